The second-order valence-electron chi connectivity index (χ2n) is 14.9. The Morgan fingerprint density at radius 1 is 0.492 bits per heavy atom. The van der Waals surface area contributed by atoms with E-state index in [1.54, 1.807) is 11.3 Å². The molecule has 0 bridgehead atoms. The smallest absolute Gasteiger partial charge is 0.161 e. The molecule has 0 saturated heterocycles. The lowest BCUT2D eigenvalue weighted by molar-refractivity contribution is 1.18. The van der Waals surface area contributed by atoms with Crippen molar-refractivity contribution in [2.24, 2.45) is 9.98 Å². The van der Waals surface area contributed by atoms with Crippen molar-refractivity contribution in [2.45, 2.75) is 0 Å². The summed E-state index contributed by atoms with van der Waals surface area (Å²) in [4.78, 5) is 10.2. The second kappa shape index (κ2) is 13.4. The van der Waals surface area contributed by atoms with E-state index in [0.29, 0.717) is 5.84 Å². The second-order valence-corrected chi connectivity index (χ2v) is 17.0. The maximum Gasteiger partial charge on any atom is 0.161 e. The van der Waals surface area contributed by atoms with Gasteiger partial charge in [-0.05, 0) is 69.6 Å². The molecule has 1 N–H and O–H groups in total. The Hall–Kier alpha value is -7.25. The van der Waals surface area contributed by atoms with Crippen molar-refractivity contribution in [1.82, 2.24) is 4.57 Å². The van der Waals surface area contributed by atoms with Gasteiger partial charge in [0.2, 0.25) is 0 Å². The first-order valence-electron chi connectivity index (χ1n) is 19.6. The molecule has 0 amide bonds. The molecular weight excluding hydrogens is 757 g/mol. The molecule has 4 nitrogen and oxygen atoms in total. The molecule has 3 heterocycles. The third-order valence-electron chi connectivity index (χ3n) is 11.5. The Kier molecular flexibility index (Phi) is 7.70. The van der Waals surface area contributed by atoms with Crippen LogP contribution in [0.2, 0.25) is 0 Å². The molecule has 3 aromatic heterocycles. The molecule has 0 atom stereocenters. The van der Waals surface area contributed by atoms with Crippen molar-refractivity contribution in [2.75, 3.05) is 0 Å². The zero-order valence-electron chi connectivity index (χ0n) is 31.6. The van der Waals surface area contributed by atoms with Gasteiger partial charge in [-0.25, -0.2) is 9.98 Å². The fraction of sp³-hybridized carbons (Fsp3) is 0. The third-order valence-corrected chi connectivity index (χ3v) is 13.9. The largest absolute Gasteiger partial charge is 0.309 e. The van der Waals surface area contributed by atoms with Crippen LogP contribution in [0.25, 0.3) is 89.4 Å². The number of benzene rings is 9. The summed E-state index contributed by atoms with van der Waals surface area (Å²) < 4.78 is 7.13. The summed E-state index contributed by atoms with van der Waals surface area (Å²) in [7, 11) is 0. The van der Waals surface area contributed by atoms with Crippen molar-refractivity contribution < 1.29 is 0 Å². The Balaban J connectivity index is 1.12. The van der Waals surface area contributed by atoms with E-state index in [1.807, 2.05) is 47.9 Å². The number of thiophene rings is 2. The third kappa shape index (κ3) is 5.45. The Morgan fingerprint density at radius 2 is 1.14 bits per heavy atom. The van der Waals surface area contributed by atoms with Crippen molar-refractivity contribution in [3.63, 3.8) is 0 Å². The van der Waals surface area contributed by atoms with Gasteiger partial charge in [0.25, 0.3) is 0 Å². The molecule has 12 rings (SSSR count). The molecule has 0 aliphatic carbocycles. The molecule has 12 aromatic rings. The first-order valence-corrected chi connectivity index (χ1v) is 21.3. The van der Waals surface area contributed by atoms with Crippen LogP contribution in [0.15, 0.2) is 192 Å². The zero-order valence-corrected chi connectivity index (χ0v) is 33.2. The molecule has 0 radical (unpaired) electrons. The van der Waals surface area contributed by atoms with E-state index in [0.717, 1.165) is 48.9 Å². The number of aliphatic imine (C=N–C) groups is 2. The van der Waals surface area contributed by atoms with Crippen LogP contribution < -0.4 is 0 Å². The molecule has 59 heavy (non-hydrogen) atoms. The summed E-state index contributed by atoms with van der Waals surface area (Å²) in [5, 5.41) is 21.9. The van der Waals surface area contributed by atoms with Gasteiger partial charge in [0.15, 0.2) is 11.7 Å². The van der Waals surface area contributed by atoms with E-state index in [4.69, 9.17) is 9.98 Å². The predicted octanol–water partition coefficient (Wildman–Crippen LogP) is 14.7. The van der Waals surface area contributed by atoms with Crippen molar-refractivity contribution in [1.29, 1.82) is 5.41 Å². The Labute approximate surface area is 346 Å². The summed E-state index contributed by atoms with van der Waals surface area (Å²) in [6.07, 6.45) is 1.85. The average Bonchev–Trinajstić information content (AvgIpc) is 3.97. The highest BCUT2D eigenvalue weighted by atomic mass is 32.1. The van der Waals surface area contributed by atoms with Crippen molar-refractivity contribution >= 4 is 124 Å². The number of amidine groups is 2. The highest BCUT2D eigenvalue weighted by Crippen LogP contribution is 2.46. The fourth-order valence-electron chi connectivity index (χ4n) is 8.80. The summed E-state index contributed by atoms with van der Waals surface area (Å²) >= 11 is 3.59. The van der Waals surface area contributed by atoms with Crippen molar-refractivity contribution in [3.05, 3.63) is 199 Å². The van der Waals surface area contributed by atoms with Crippen LogP contribution in [0.4, 0.5) is 0 Å². The van der Waals surface area contributed by atoms with Crippen LogP contribution >= 0.6 is 22.7 Å². The van der Waals surface area contributed by atoms with Gasteiger partial charge in [0.05, 0.1) is 11.0 Å². The first-order chi connectivity index (χ1) is 29.2. The number of nitrogens with one attached hydrogen (secondary N) is 1. The normalized spacial score (nSPS) is 12.5. The number of hydrogen-bond acceptors (Lipinski definition) is 3. The molecule has 6 heteroatoms. The van der Waals surface area contributed by atoms with Gasteiger partial charge < -0.3 is 4.57 Å². The fourth-order valence-corrected chi connectivity index (χ4v) is 11.3. The lowest BCUT2D eigenvalue weighted by atomic mass is 10.00. The van der Waals surface area contributed by atoms with E-state index in [1.165, 1.54) is 57.2 Å². The molecule has 0 saturated carbocycles. The van der Waals surface area contributed by atoms with E-state index >= 15 is 0 Å². The highest BCUT2D eigenvalue weighted by Gasteiger charge is 2.21. The van der Waals surface area contributed by atoms with Crippen LogP contribution in [-0.2, 0) is 0 Å². The summed E-state index contributed by atoms with van der Waals surface area (Å²) in [5.41, 5.74) is 5.83. The number of rotatable bonds is 4. The van der Waals surface area contributed by atoms with Gasteiger partial charge in [-0.3, -0.25) is 5.41 Å². The van der Waals surface area contributed by atoms with Gasteiger partial charge in [0, 0.05) is 74.1 Å². The number of aromatic nitrogens is 1. The molecule has 0 unspecified atom stereocenters. The quantitative estimate of drug-likeness (QED) is 0.105. The van der Waals surface area contributed by atoms with Gasteiger partial charge in [-0.15, -0.1) is 22.7 Å². The van der Waals surface area contributed by atoms with Gasteiger partial charge in [0.1, 0.15) is 0 Å². The SMILES string of the molecule is N=C(N=C(N=Cc1ccccc1)c1ccc2c(ccc3ccccc32)c1)c1cc(-n2c3ccccc3c3ccccc32)cc2c1sc1ccc3c4ccccc4sc3c12. The van der Waals surface area contributed by atoms with Crippen LogP contribution in [-0.4, -0.2) is 22.5 Å². The van der Waals surface area contributed by atoms with E-state index in [2.05, 4.69) is 156 Å². The Bertz CT molecular complexity index is 3700. The lowest BCUT2D eigenvalue weighted by Crippen LogP contribution is -2.06. The van der Waals surface area contributed by atoms with E-state index in [9.17, 15) is 5.41 Å². The standard InChI is InChI=1S/C53H32N4S2/c54-52(56-53(55-31-32-12-2-1-3-13-32)35-24-25-38-34(28-35)23-22-33-14-4-5-15-37(33)38)44-30-36(57-45-19-9-6-16-39(45)40-17-7-10-20-46(40)57)29-43-49-48(59-50(43)44)27-26-42-41-18-8-11-21-47(41)58-51(42)49/h1-31,54H. The monoisotopic (exact) mass is 788 g/mol. The van der Waals surface area contributed by atoms with E-state index in [-0.39, 0.29) is 5.84 Å². The summed E-state index contributed by atoms with van der Waals surface area (Å²) in [6, 6.07) is 64.2. The minimum atomic E-state index is 0.163. The molecule has 9 aromatic carbocycles. The van der Waals surface area contributed by atoms with Crippen LogP contribution in [0.1, 0.15) is 16.7 Å². The van der Waals surface area contributed by atoms with Gasteiger partial charge in [-0.1, -0.05) is 140 Å². The molecule has 0 spiro atoms. The molecule has 276 valence electrons. The molecule has 0 aliphatic heterocycles. The predicted molar refractivity (Wildman–Crippen MR) is 255 cm³/mol. The maximum absolute atomic E-state index is 9.96. The molecular formula is C53H32N4S2. The number of fused-ring (bicyclic) bond motifs is 13. The summed E-state index contributed by atoms with van der Waals surface area (Å²) in [5.74, 6) is 0.646. The van der Waals surface area contributed by atoms with Crippen LogP contribution in [0.3, 0.4) is 0 Å². The molecule has 0 fully saturated rings. The number of nitrogens with zero attached hydrogens (tertiary/aromatic N) is 3. The minimum absolute atomic E-state index is 0.163. The summed E-state index contributed by atoms with van der Waals surface area (Å²) in [6.45, 7) is 0. The van der Waals surface area contributed by atoms with Crippen LogP contribution in [0, 0.1) is 5.41 Å². The van der Waals surface area contributed by atoms with Gasteiger partial charge in [-0.2, -0.15) is 0 Å². The van der Waals surface area contributed by atoms with E-state index < -0.39 is 0 Å². The van der Waals surface area contributed by atoms with Gasteiger partial charge >= 0.3 is 0 Å². The van der Waals surface area contributed by atoms with Crippen LogP contribution in [0.5, 0.6) is 0 Å². The highest BCUT2D eigenvalue weighted by molar-refractivity contribution is 7.30. The average molecular weight is 789 g/mol. The molecule has 0 aliphatic rings. The maximum atomic E-state index is 9.96. The number of para-hydroxylation sites is 2. The minimum Gasteiger partial charge on any atom is -0.309 e. The number of hydrogen-bond donors (Lipinski definition) is 1. The Morgan fingerprint density at radius 3 is 1.95 bits per heavy atom. The van der Waals surface area contributed by atoms with Crippen molar-refractivity contribution in [3.8, 4) is 5.69 Å². The zero-order chi connectivity index (χ0) is 39.0. The first kappa shape index (κ1) is 33.8. The lowest BCUT2D eigenvalue weighted by Gasteiger charge is -2.12. The topological polar surface area (TPSA) is 53.5 Å².